The van der Waals surface area contributed by atoms with Crippen LogP contribution in [0.15, 0.2) is 54.6 Å². The van der Waals surface area contributed by atoms with Crippen molar-refractivity contribution in [2.75, 3.05) is 11.1 Å². The summed E-state index contributed by atoms with van der Waals surface area (Å²) in [5, 5.41) is 4.37. The van der Waals surface area contributed by atoms with Crippen LogP contribution in [0.2, 0.25) is 0 Å². The first-order valence-electron chi connectivity index (χ1n) is 6.77. The van der Waals surface area contributed by atoms with Crippen LogP contribution in [0.25, 0.3) is 10.9 Å². The summed E-state index contributed by atoms with van der Waals surface area (Å²) >= 11 is 0. The highest BCUT2D eigenvalue weighted by molar-refractivity contribution is 5.83. The van der Waals surface area contributed by atoms with E-state index in [0.29, 0.717) is 0 Å². The fourth-order valence-electron chi connectivity index (χ4n) is 2.19. The lowest BCUT2D eigenvalue weighted by atomic mass is 10.1. The molecular weight excluding hydrogens is 246 g/mol. The molecule has 3 aromatic rings. The third kappa shape index (κ3) is 2.57. The molecule has 1 aromatic heterocycles. The van der Waals surface area contributed by atoms with E-state index in [1.807, 2.05) is 30.3 Å². The van der Waals surface area contributed by atoms with Crippen LogP contribution >= 0.6 is 0 Å². The molecule has 3 heteroatoms. The molecule has 0 fully saturated rings. The van der Waals surface area contributed by atoms with E-state index >= 15 is 0 Å². The van der Waals surface area contributed by atoms with Gasteiger partial charge in [-0.25, -0.2) is 4.98 Å². The van der Waals surface area contributed by atoms with Crippen LogP contribution in [0, 0.1) is 0 Å². The number of aryl methyl sites for hydroxylation is 1. The average Bonchev–Trinajstić information content (AvgIpc) is 2.48. The minimum absolute atomic E-state index is 0.759. The molecule has 0 aliphatic rings. The number of fused-ring (bicyclic) bond motifs is 1. The van der Waals surface area contributed by atoms with Gasteiger partial charge in [0.05, 0.1) is 5.52 Å². The molecule has 3 nitrogen and oxygen atoms in total. The second-order valence-corrected chi connectivity index (χ2v) is 4.82. The Morgan fingerprint density at radius 1 is 1.00 bits per heavy atom. The zero-order chi connectivity index (χ0) is 13.9. The Bertz CT molecular complexity index is 733. The van der Waals surface area contributed by atoms with E-state index in [9.17, 15) is 0 Å². The smallest absolute Gasteiger partial charge is 0.131 e. The average molecular weight is 263 g/mol. The highest BCUT2D eigenvalue weighted by Gasteiger charge is 2.00. The summed E-state index contributed by atoms with van der Waals surface area (Å²) < 4.78 is 0. The van der Waals surface area contributed by atoms with E-state index in [4.69, 9.17) is 5.73 Å². The lowest BCUT2D eigenvalue weighted by Gasteiger charge is -2.07. The molecule has 0 saturated carbocycles. The summed E-state index contributed by atoms with van der Waals surface area (Å²) in [6.07, 6.45) is 1.05. The van der Waals surface area contributed by atoms with Crippen molar-refractivity contribution in [1.82, 2.24) is 4.98 Å². The highest BCUT2D eigenvalue weighted by Crippen LogP contribution is 2.21. The lowest BCUT2D eigenvalue weighted by Crippen LogP contribution is -1.94. The van der Waals surface area contributed by atoms with E-state index in [2.05, 4.69) is 41.5 Å². The summed E-state index contributed by atoms with van der Waals surface area (Å²) in [6.45, 7) is 2.15. The molecule has 0 aliphatic carbocycles. The molecule has 3 N–H and O–H groups in total. The maximum absolute atomic E-state index is 5.77. The van der Waals surface area contributed by atoms with Gasteiger partial charge in [0.2, 0.25) is 0 Å². The largest absolute Gasteiger partial charge is 0.399 e. The van der Waals surface area contributed by atoms with Crippen molar-refractivity contribution in [2.24, 2.45) is 0 Å². The Morgan fingerprint density at radius 2 is 1.80 bits per heavy atom. The number of pyridine rings is 1. The molecule has 0 unspecified atom stereocenters. The molecule has 0 aliphatic heterocycles. The maximum Gasteiger partial charge on any atom is 0.131 e. The molecule has 20 heavy (non-hydrogen) atoms. The Hall–Kier alpha value is -2.55. The lowest BCUT2D eigenvalue weighted by molar-refractivity contribution is 1.14. The monoisotopic (exact) mass is 263 g/mol. The van der Waals surface area contributed by atoms with Crippen molar-refractivity contribution in [3.63, 3.8) is 0 Å². The Labute approximate surface area is 118 Å². The summed E-state index contributed by atoms with van der Waals surface area (Å²) in [5.41, 5.74) is 9.84. The van der Waals surface area contributed by atoms with Gasteiger partial charge in [0, 0.05) is 16.8 Å². The van der Waals surface area contributed by atoms with Gasteiger partial charge in [-0.1, -0.05) is 19.1 Å². The van der Waals surface area contributed by atoms with Crippen molar-refractivity contribution in [3.8, 4) is 0 Å². The van der Waals surface area contributed by atoms with Crippen molar-refractivity contribution in [1.29, 1.82) is 0 Å². The molecule has 0 radical (unpaired) electrons. The molecule has 1 heterocycles. The molecule has 0 spiro atoms. The Kier molecular flexibility index (Phi) is 3.25. The van der Waals surface area contributed by atoms with Crippen LogP contribution < -0.4 is 11.1 Å². The van der Waals surface area contributed by atoms with Crippen molar-refractivity contribution in [3.05, 3.63) is 60.2 Å². The Morgan fingerprint density at radius 3 is 2.55 bits per heavy atom. The van der Waals surface area contributed by atoms with Crippen LogP contribution in [0.3, 0.4) is 0 Å². The predicted octanol–water partition coefficient (Wildman–Crippen LogP) is 4.12. The van der Waals surface area contributed by atoms with E-state index in [1.54, 1.807) is 0 Å². The number of hydrogen-bond acceptors (Lipinski definition) is 3. The first-order chi connectivity index (χ1) is 9.74. The third-order valence-electron chi connectivity index (χ3n) is 3.35. The fourth-order valence-corrected chi connectivity index (χ4v) is 2.19. The molecule has 0 bridgehead atoms. The number of nitrogen functional groups attached to an aromatic ring is 1. The molecular formula is C17H17N3. The van der Waals surface area contributed by atoms with E-state index in [1.165, 1.54) is 5.56 Å². The minimum Gasteiger partial charge on any atom is -0.399 e. The fraction of sp³-hybridized carbons (Fsp3) is 0.118. The number of nitrogens with zero attached hydrogens (tertiary/aromatic N) is 1. The summed E-state index contributed by atoms with van der Waals surface area (Å²) in [7, 11) is 0. The number of nitrogens with two attached hydrogens (primary N) is 1. The van der Waals surface area contributed by atoms with Gasteiger partial charge < -0.3 is 11.1 Å². The second kappa shape index (κ2) is 5.21. The molecule has 0 atom stereocenters. The SMILES string of the molecule is CCc1ccc(Nc2ccc3cc(N)ccc3n2)cc1. The summed E-state index contributed by atoms with van der Waals surface area (Å²) in [4.78, 5) is 4.59. The van der Waals surface area contributed by atoms with Gasteiger partial charge in [0.1, 0.15) is 5.82 Å². The van der Waals surface area contributed by atoms with E-state index in [0.717, 1.165) is 34.5 Å². The van der Waals surface area contributed by atoms with Crippen molar-refractivity contribution < 1.29 is 0 Å². The molecule has 3 rings (SSSR count). The van der Waals surface area contributed by atoms with E-state index in [-0.39, 0.29) is 0 Å². The minimum atomic E-state index is 0.759. The second-order valence-electron chi connectivity index (χ2n) is 4.82. The first-order valence-corrected chi connectivity index (χ1v) is 6.77. The number of anilines is 3. The Balaban J connectivity index is 1.88. The zero-order valence-electron chi connectivity index (χ0n) is 11.4. The van der Waals surface area contributed by atoms with Gasteiger partial charge in [-0.2, -0.15) is 0 Å². The normalized spacial score (nSPS) is 10.7. The number of benzene rings is 2. The number of nitrogens with one attached hydrogen (secondary N) is 1. The van der Waals surface area contributed by atoms with Crippen LogP contribution in [-0.2, 0) is 6.42 Å². The maximum atomic E-state index is 5.77. The van der Waals surface area contributed by atoms with E-state index < -0.39 is 0 Å². The first kappa shape index (κ1) is 12.5. The van der Waals surface area contributed by atoms with Gasteiger partial charge in [0.25, 0.3) is 0 Å². The number of rotatable bonds is 3. The zero-order valence-corrected chi connectivity index (χ0v) is 11.4. The predicted molar refractivity (Wildman–Crippen MR) is 85.3 cm³/mol. The summed E-state index contributed by atoms with van der Waals surface area (Å²) in [6, 6.07) is 18.2. The van der Waals surface area contributed by atoms with Gasteiger partial charge in [0.15, 0.2) is 0 Å². The van der Waals surface area contributed by atoms with Gasteiger partial charge in [-0.15, -0.1) is 0 Å². The number of aromatic nitrogens is 1. The summed E-state index contributed by atoms with van der Waals surface area (Å²) in [5.74, 6) is 0.839. The number of hydrogen-bond donors (Lipinski definition) is 2. The van der Waals surface area contributed by atoms with Crippen LogP contribution in [0.4, 0.5) is 17.2 Å². The molecule has 2 aromatic carbocycles. The van der Waals surface area contributed by atoms with Crippen molar-refractivity contribution in [2.45, 2.75) is 13.3 Å². The molecule has 100 valence electrons. The van der Waals surface area contributed by atoms with Crippen molar-refractivity contribution >= 4 is 28.1 Å². The van der Waals surface area contributed by atoms with Gasteiger partial charge in [-0.05, 0) is 54.4 Å². The van der Waals surface area contributed by atoms with Crippen LogP contribution in [0.5, 0.6) is 0 Å². The van der Waals surface area contributed by atoms with Gasteiger partial charge in [-0.3, -0.25) is 0 Å². The molecule has 0 saturated heterocycles. The molecule has 0 amide bonds. The quantitative estimate of drug-likeness (QED) is 0.699. The van der Waals surface area contributed by atoms with Crippen LogP contribution in [0.1, 0.15) is 12.5 Å². The third-order valence-corrected chi connectivity index (χ3v) is 3.35. The van der Waals surface area contributed by atoms with Crippen LogP contribution in [-0.4, -0.2) is 4.98 Å². The standard InChI is InChI=1S/C17H17N3/c1-2-12-3-7-15(8-4-12)19-17-10-5-13-11-14(18)6-9-16(13)20-17/h3-11H,2,18H2,1H3,(H,19,20). The van der Waals surface area contributed by atoms with Gasteiger partial charge >= 0.3 is 0 Å². The topological polar surface area (TPSA) is 50.9 Å². The highest BCUT2D eigenvalue weighted by atomic mass is 15.0.